The van der Waals surface area contributed by atoms with E-state index in [1.807, 2.05) is 11.8 Å². The summed E-state index contributed by atoms with van der Waals surface area (Å²) in [5, 5.41) is 22.0. The lowest BCUT2D eigenvalue weighted by molar-refractivity contribution is 0.422. The van der Waals surface area contributed by atoms with Gasteiger partial charge in [-0.3, -0.25) is 0 Å². The highest BCUT2D eigenvalue weighted by atomic mass is 32.2. The van der Waals surface area contributed by atoms with Gasteiger partial charge >= 0.3 is 0 Å². The van der Waals surface area contributed by atoms with Gasteiger partial charge in [0.25, 0.3) is 0 Å². The Balaban J connectivity index is 2.15. The van der Waals surface area contributed by atoms with Crippen LogP contribution in [0.4, 0.5) is 0 Å². The predicted octanol–water partition coefficient (Wildman–Crippen LogP) is 8.81. The number of aromatic hydroxyl groups is 2. The molecule has 0 aliphatic heterocycles. The second kappa shape index (κ2) is 10.4. The standard InChI is InChI=1S/C32H50O2S/c1-29(2,3)23-17-21(18-24(27(23)33)30(4,5)6)13-15-35-16-14-22-19-25(31(7,8)9)28(34)26(20-22)32(10,11)12/h17-20,33-34H,13-16H2,1-12H3. The minimum atomic E-state index is -0.0956. The highest BCUT2D eigenvalue weighted by molar-refractivity contribution is 7.99. The molecule has 2 N–H and O–H groups in total. The number of hydrogen-bond acceptors (Lipinski definition) is 3. The van der Waals surface area contributed by atoms with Crippen molar-refractivity contribution in [3.05, 3.63) is 57.6 Å². The summed E-state index contributed by atoms with van der Waals surface area (Å²) in [6, 6.07) is 8.82. The quantitative estimate of drug-likeness (QED) is 0.391. The van der Waals surface area contributed by atoms with Crippen LogP contribution in [-0.4, -0.2) is 21.7 Å². The number of rotatable bonds is 6. The van der Waals surface area contributed by atoms with Crippen LogP contribution in [0.25, 0.3) is 0 Å². The molecule has 2 aromatic carbocycles. The molecule has 2 nitrogen and oxygen atoms in total. The molecule has 0 aromatic heterocycles. The molecule has 196 valence electrons. The van der Waals surface area contributed by atoms with E-state index in [-0.39, 0.29) is 21.7 Å². The van der Waals surface area contributed by atoms with E-state index in [1.165, 1.54) is 11.1 Å². The molecule has 0 saturated heterocycles. The maximum absolute atomic E-state index is 11.0. The van der Waals surface area contributed by atoms with Crippen molar-refractivity contribution in [1.29, 1.82) is 0 Å². The van der Waals surface area contributed by atoms with Crippen molar-refractivity contribution in [2.75, 3.05) is 11.5 Å². The van der Waals surface area contributed by atoms with Gasteiger partial charge < -0.3 is 10.2 Å². The van der Waals surface area contributed by atoms with Gasteiger partial charge in [-0.1, -0.05) is 107 Å². The van der Waals surface area contributed by atoms with Gasteiger partial charge in [-0.25, -0.2) is 0 Å². The molecule has 0 radical (unpaired) electrons. The van der Waals surface area contributed by atoms with E-state index in [1.54, 1.807) is 0 Å². The molecular weight excluding hydrogens is 448 g/mol. The van der Waals surface area contributed by atoms with Gasteiger partial charge in [0.05, 0.1) is 0 Å². The zero-order valence-electron chi connectivity index (χ0n) is 24.4. The third kappa shape index (κ3) is 7.68. The van der Waals surface area contributed by atoms with Crippen LogP contribution in [0.2, 0.25) is 0 Å². The van der Waals surface area contributed by atoms with Gasteiger partial charge in [0.15, 0.2) is 0 Å². The van der Waals surface area contributed by atoms with Crippen LogP contribution >= 0.6 is 11.8 Å². The van der Waals surface area contributed by atoms with Crippen LogP contribution < -0.4 is 0 Å². The van der Waals surface area contributed by atoms with E-state index >= 15 is 0 Å². The monoisotopic (exact) mass is 498 g/mol. The van der Waals surface area contributed by atoms with Crippen molar-refractivity contribution in [1.82, 2.24) is 0 Å². The Morgan fingerprint density at radius 3 is 0.914 bits per heavy atom. The van der Waals surface area contributed by atoms with Crippen molar-refractivity contribution in [2.24, 2.45) is 0 Å². The normalized spacial score (nSPS) is 13.4. The number of phenolic OH excluding ortho intramolecular Hbond substituents is 2. The fourth-order valence-corrected chi connectivity index (χ4v) is 5.41. The Morgan fingerprint density at radius 1 is 0.486 bits per heavy atom. The SMILES string of the molecule is CC(C)(C)c1cc(CCSCCc2cc(C(C)(C)C)c(O)c(C(C)(C)C)c2)cc(C(C)(C)C)c1O. The first kappa shape index (κ1) is 29.6. The molecular formula is C32H50O2S. The fourth-order valence-electron chi connectivity index (χ4n) is 4.45. The van der Waals surface area contributed by atoms with E-state index in [4.69, 9.17) is 0 Å². The molecule has 0 spiro atoms. The smallest absolute Gasteiger partial charge is 0.123 e. The van der Waals surface area contributed by atoms with Crippen molar-refractivity contribution < 1.29 is 10.2 Å². The summed E-state index contributed by atoms with van der Waals surface area (Å²) in [5.41, 5.74) is 6.39. The lowest BCUT2D eigenvalue weighted by Gasteiger charge is -2.28. The number of benzene rings is 2. The molecule has 0 atom stereocenters. The summed E-state index contributed by atoms with van der Waals surface area (Å²) < 4.78 is 0. The summed E-state index contributed by atoms with van der Waals surface area (Å²) >= 11 is 1.98. The number of aryl methyl sites for hydroxylation is 2. The van der Waals surface area contributed by atoms with E-state index in [0.29, 0.717) is 11.5 Å². The molecule has 0 amide bonds. The average Bonchev–Trinajstić information content (AvgIpc) is 2.66. The molecule has 35 heavy (non-hydrogen) atoms. The largest absolute Gasteiger partial charge is 0.507 e. The van der Waals surface area contributed by atoms with Crippen molar-refractivity contribution >= 4 is 11.8 Å². The molecule has 0 saturated carbocycles. The molecule has 2 aromatic rings. The van der Waals surface area contributed by atoms with Crippen LogP contribution in [0, 0.1) is 0 Å². The zero-order valence-corrected chi connectivity index (χ0v) is 25.3. The Bertz CT molecular complexity index is 868. The summed E-state index contributed by atoms with van der Waals surface area (Å²) in [4.78, 5) is 0. The van der Waals surface area contributed by atoms with Crippen LogP contribution in [0.1, 0.15) is 116 Å². The van der Waals surface area contributed by atoms with Crippen LogP contribution in [0.3, 0.4) is 0 Å². The number of phenols is 2. The van der Waals surface area contributed by atoms with Gasteiger partial charge in [0.1, 0.15) is 11.5 Å². The van der Waals surface area contributed by atoms with Gasteiger partial charge in [0.2, 0.25) is 0 Å². The minimum absolute atomic E-state index is 0.0956. The Labute approximate surface area is 219 Å². The zero-order chi connectivity index (χ0) is 27.0. The van der Waals surface area contributed by atoms with Crippen LogP contribution in [0.5, 0.6) is 11.5 Å². The molecule has 0 bridgehead atoms. The van der Waals surface area contributed by atoms with E-state index in [9.17, 15) is 10.2 Å². The molecule has 0 aliphatic carbocycles. The Hall–Kier alpha value is -1.61. The van der Waals surface area contributed by atoms with Gasteiger partial charge in [-0.15, -0.1) is 0 Å². The summed E-state index contributed by atoms with van der Waals surface area (Å²) in [7, 11) is 0. The first-order chi connectivity index (χ1) is 15.7. The highest BCUT2D eigenvalue weighted by Crippen LogP contribution is 2.41. The fraction of sp³-hybridized carbons (Fsp3) is 0.625. The predicted molar refractivity (Wildman–Crippen MR) is 156 cm³/mol. The number of hydrogen-bond donors (Lipinski definition) is 2. The van der Waals surface area contributed by atoms with Gasteiger partial charge in [-0.2, -0.15) is 11.8 Å². The second-order valence-corrected chi connectivity index (χ2v) is 15.4. The molecule has 2 rings (SSSR count). The Kier molecular flexibility index (Phi) is 8.80. The molecule has 0 unspecified atom stereocenters. The first-order valence-corrected chi connectivity index (χ1v) is 14.2. The second-order valence-electron chi connectivity index (χ2n) is 14.2. The average molecular weight is 499 g/mol. The Morgan fingerprint density at radius 2 is 0.714 bits per heavy atom. The molecule has 0 fully saturated rings. The maximum atomic E-state index is 11.0. The van der Waals surface area contributed by atoms with Crippen molar-refractivity contribution in [3.8, 4) is 11.5 Å². The molecule has 0 aliphatic rings. The topological polar surface area (TPSA) is 40.5 Å². The highest BCUT2D eigenvalue weighted by Gasteiger charge is 2.27. The van der Waals surface area contributed by atoms with E-state index in [0.717, 1.165) is 46.6 Å². The molecule has 0 heterocycles. The lowest BCUT2D eigenvalue weighted by Crippen LogP contribution is -2.18. The van der Waals surface area contributed by atoms with Crippen LogP contribution in [-0.2, 0) is 34.5 Å². The number of thioether (sulfide) groups is 1. The molecule has 3 heteroatoms. The lowest BCUT2D eigenvalue weighted by atomic mass is 9.78. The van der Waals surface area contributed by atoms with Gasteiger partial charge in [0, 0.05) is 0 Å². The minimum Gasteiger partial charge on any atom is -0.507 e. The van der Waals surface area contributed by atoms with E-state index < -0.39 is 0 Å². The summed E-state index contributed by atoms with van der Waals surface area (Å²) in [5.74, 6) is 3.01. The first-order valence-electron chi connectivity index (χ1n) is 13.0. The van der Waals surface area contributed by atoms with Crippen LogP contribution in [0.15, 0.2) is 24.3 Å². The third-order valence-corrected chi connectivity index (χ3v) is 7.63. The summed E-state index contributed by atoms with van der Waals surface area (Å²) in [6.45, 7) is 26.0. The van der Waals surface area contributed by atoms with Crippen molar-refractivity contribution in [3.63, 3.8) is 0 Å². The summed E-state index contributed by atoms with van der Waals surface area (Å²) in [6.07, 6.45) is 1.99. The van der Waals surface area contributed by atoms with E-state index in [2.05, 4.69) is 107 Å². The third-order valence-electron chi connectivity index (χ3n) is 6.64. The maximum Gasteiger partial charge on any atom is 0.123 e. The van der Waals surface area contributed by atoms with Crippen molar-refractivity contribution in [2.45, 2.75) is 118 Å². The van der Waals surface area contributed by atoms with Gasteiger partial charge in [-0.05, 0) is 79.4 Å².